The van der Waals surface area contributed by atoms with Crippen LogP contribution in [-0.2, 0) is 25.4 Å². The van der Waals surface area contributed by atoms with Crippen molar-refractivity contribution in [3.8, 4) is 22.8 Å². The van der Waals surface area contributed by atoms with Crippen molar-refractivity contribution in [1.82, 2.24) is 13.7 Å². The van der Waals surface area contributed by atoms with Crippen molar-refractivity contribution in [1.29, 1.82) is 0 Å². The molecule has 1 atom stereocenters. The van der Waals surface area contributed by atoms with Gasteiger partial charge in [-0.1, -0.05) is 29.3 Å². The molecule has 0 radical (unpaired) electrons. The van der Waals surface area contributed by atoms with Gasteiger partial charge in [-0.15, -0.1) is 0 Å². The molecule has 0 amide bonds. The van der Waals surface area contributed by atoms with E-state index in [2.05, 4.69) is 0 Å². The number of phenols is 1. The molecule has 5 rings (SSSR count). The maximum Gasteiger partial charge on any atom is 0.331 e. The first kappa shape index (κ1) is 22.6. The predicted molar refractivity (Wildman–Crippen MR) is 130 cm³/mol. The first-order valence-corrected chi connectivity index (χ1v) is 11.3. The summed E-state index contributed by atoms with van der Waals surface area (Å²) in [5, 5.41) is 11.3. The van der Waals surface area contributed by atoms with Gasteiger partial charge in [-0.25, -0.2) is 4.79 Å². The molecule has 34 heavy (non-hydrogen) atoms. The van der Waals surface area contributed by atoms with Crippen LogP contribution >= 0.6 is 23.2 Å². The number of ether oxygens (including phenoxy) is 2. The molecule has 4 aromatic rings. The number of phenolic OH excluding ortho intramolecular Hbond substituents is 1. The van der Waals surface area contributed by atoms with Crippen molar-refractivity contribution in [2.24, 2.45) is 14.1 Å². The third kappa shape index (κ3) is 3.25. The molecule has 176 valence electrons. The van der Waals surface area contributed by atoms with Gasteiger partial charge in [0.15, 0.2) is 11.5 Å². The van der Waals surface area contributed by atoms with Gasteiger partial charge in [0.25, 0.3) is 5.56 Å². The molecule has 1 N–H and O–H groups in total. The zero-order valence-corrected chi connectivity index (χ0v) is 20.1. The average molecular weight is 502 g/mol. The Kier molecular flexibility index (Phi) is 5.47. The Hall–Kier alpha value is -3.20. The van der Waals surface area contributed by atoms with Crippen LogP contribution in [0.1, 0.15) is 17.4 Å². The third-order valence-corrected chi connectivity index (χ3v) is 6.79. The number of aromatic hydroxyl groups is 1. The molecule has 0 saturated carbocycles. The fraction of sp³-hybridized carbons (Fsp3) is 0.250. The molecule has 1 aliphatic heterocycles. The second kappa shape index (κ2) is 8.23. The van der Waals surface area contributed by atoms with E-state index in [4.69, 9.17) is 32.7 Å². The van der Waals surface area contributed by atoms with Crippen LogP contribution in [-0.4, -0.2) is 32.5 Å². The molecule has 8 nitrogen and oxygen atoms in total. The van der Waals surface area contributed by atoms with Crippen LogP contribution in [0.4, 0.5) is 0 Å². The standard InChI is InChI=1S/C24H21Cl2N3O5/c1-27-20-18(23(31)28(2)24(27)32)19(14-6-5-13(25)11-15(14)26)29-8-9-34-22(21(20)29)12-4-7-16(30)17(10-12)33-3/h4-7,10-11,22,30H,8-9H2,1-3H3. The summed E-state index contributed by atoms with van der Waals surface area (Å²) in [5.41, 5.74) is 2.16. The minimum Gasteiger partial charge on any atom is -0.504 e. The molecule has 2 aromatic carbocycles. The fourth-order valence-corrected chi connectivity index (χ4v) is 5.15. The smallest absolute Gasteiger partial charge is 0.331 e. The summed E-state index contributed by atoms with van der Waals surface area (Å²) in [5.74, 6) is 0.289. The summed E-state index contributed by atoms with van der Waals surface area (Å²) in [4.78, 5) is 26.4. The van der Waals surface area contributed by atoms with Crippen LogP contribution in [0.15, 0.2) is 46.0 Å². The normalized spacial score (nSPS) is 15.5. The van der Waals surface area contributed by atoms with Gasteiger partial charge in [0.2, 0.25) is 0 Å². The molecule has 3 heterocycles. The lowest BCUT2D eigenvalue weighted by Gasteiger charge is -2.28. The molecule has 0 fully saturated rings. The summed E-state index contributed by atoms with van der Waals surface area (Å²) < 4.78 is 16.0. The van der Waals surface area contributed by atoms with Crippen molar-refractivity contribution >= 4 is 34.1 Å². The summed E-state index contributed by atoms with van der Waals surface area (Å²) in [6.45, 7) is 0.801. The molecule has 1 aliphatic rings. The fourth-order valence-electron chi connectivity index (χ4n) is 4.65. The van der Waals surface area contributed by atoms with E-state index in [0.717, 1.165) is 4.57 Å². The number of aryl methyl sites for hydroxylation is 1. The van der Waals surface area contributed by atoms with Crippen molar-refractivity contribution in [2.45, 2.75) is 12.6 Å². The summed E-state index contributed by atoms with van der Waals surface area (Å²) >= 11 is 12.7. The van der Waals surface area contributed by atoms with E-state index in [9.17, 15) is 14.7 Å². The Morgan fingerprint density at radius 3 is 2.56 bits per heavy atom. The number of aromatic nitrogens is 3. The van der Waals surface area contributed by atoms with Gasteiger partial charge in [0, 0.05) is 31.2 Å². The maximum atomic E-state index is 13.5. The number of hydrogen-bond donors (Lipinski definition) is 1. The van der Waals surface area contributed by atoms with E-state index >= 15 is 0 Å². The van der Waals surface area contributed by atoms with Crippen molar-refractivity contribution in [3.05, 3.63) is 78.5 Å². The number of rotatable bonds is 3. The summed E-state index contributed by atoms with van der Waals surface area (Å²) in [6, 6.07) is 10.0. The molecule has 1 unspecified atom stereocenters. The van der Waals surface area contributed by atoms with Gasteiger partial charge < -0.3 is 19.1 Å². The molecule has 0 bridgehead atoms. The van der Waals surface area contributed by atoms with Crippen LogP contribution in [0.2, 0.25) is 10.0 Å². The van der Waals surface area contributed by atoms with Crippen molar-refractivity contribution in [2.75, 3.05) is 13.7 Å². The van der Waals surface area contributed by atoms with E-state index in [1.54, 1.807) is 37.4 Å². The van der Waals surface area contributed by atoms with Gasteiger partial charge in [0.05, 0.1) is 41.0 Å². The molecule has 2 aromatic heterocycles. The zero-order valence-electron chi connectivity index (χ0n) is 18.6. The van der Waals surface area contributed by atoms with Crippen LogP contribution in [0.3, 0.4) is 0 Å². The molecule has 0 spiro atoms. The van der Waals surface area contributed by atoms with E-state index in [1.807, 2.05) is 4.57 Å². The highest BCUT2D eigenvalue weighted by Gasteiger charge is 2.34. The highest BCUT2D eigenvalue weighted by molar-refractivity contribution is 6.36. The zero-order chi connectivity index (χ0) is 24.3. The Morgan fingerprint density at radius 1 is 1.09 bits per heavy atom. The van der Waals surface area contributed by atoms with Gasteiger partial charge >= 0.3 is 5.69 Å². The van der Waals surface area contributed by atoms with Gasteiger partial charge in [-0.2, -0.15) is 0 Å². The molecular formula is C24H21Cl2N3O5. The van der Waals surface area contributed by atoms with E-state index in [0.29, 0.717) is 62.4 Å². The minimum atomic E-state index is -0.622. The largest absolute Gasteiger partial charge is 0.504 e. The number of methoxy groups -OCH3 is 1. The highest BCUT2D eigenvalue weighted by atomic mass is 35.5. The maximum absolute atomic E-state index is 13.5. The van der Waals surface area contributed by atoms with Crippen LogP contribution in [0.5, 0.6) is 11.5 Å². The monoisotopic (exact) mass is 501 g/mol. The molecular weight excluding hydrogens is 481 g/mol. The number of nitrogens with zero attached hydrogens (tertiary/aromatic N) is 3. The van der Waals surface area contributed by atoms with E-state index in [1.165, 1.54) is 24.8 Å². The van der Waals surface area contributed by atoms with E-state index in [-0.39, 0.29) is 5.75 Å². The minimum absolute atomic E-state index is 0.00259. The summed E-state index contributed by atoms with van der Waals surface area (Å²) in [6.07, 6.45) is -0.622. The van der Waals surface area contributed by atoms with Gasteiger partial charge in [-0.05, 0) is 35.9 Å². The lowest BCUT2D eigenvalue weighted by Crippen LogP contribution is -2.37. The molecule has 0 aliphatic carbocycles. The van der Waals surface area contributed by atoms with Crippen LogP contribution in [0, 0.1) is 0 Å². The number of hydrogen-bond acceptors (Lipinski definition) is 5. The lowest BCUT2D eigenvalue weighted by atomic mass is 10.0. The average Bonchev–Trinajstić information content (AvgIpc) is 3.17. The Labute approximate surface area is 204 Å². The van der Waals surface area contributed by atoms with Crippen LogP contribution < -0.4 is 16.0 Å². The number of halogens is 2. The van der Waals surface area contributed by atoms with Crippen molar-refractivity contribution < 1.29 is 14.6 Å². The second-order valence-electron chi connectivity index (χ2n) is 8.12. The molecule has 10 heteroatoms. The quantitative estimate of drug-likeness (QED) is 0.460. The Morgan fingerprint density at radius 2 is 1.85 bits per heavy atom. The number of benzene rings is 2. The second-order valence-corrected chi connectivity index (χ2v) is 8.96. The summed E-state index contributed by atoms with van der Waals surface area (Å²) in [7, 11) is 4.54. The Bertz CT molecular complexity index is 1580. The number of fused-ring (bicyclic) bond motifs is 3. The Balaban J connectivity index is 1.93. The van der Waals surface area contributed by atoms with Crippen molar-refractivity contribution in [3.63, 3.8) is 0 Å². The molecule has 0 saturated heterocycles. The van der Waals surface area contributed by atoms with Crippen LogP contribution in [0.25, 0.3) is 22.2 Å². The first-order valence-electron chi connectivity index (χ1n) is 10.5. The lowest BCUT2D eigenvalue weighted by molar-refractivity contribution is 0.0477. The predicted octanol–water partition coefficient (Wildman–Crippen LogP) is 3.85. The third-order valence-electron chi connectivity index (χ3n) is 6.25. The van der Waals surface area contributed by atoms with E-state index < -0.39 is 17.4 Å². The SMILES string of the molecule is COc1cc(C2OCCn3c(-c4ccc(Cl)cc4Cl)c4c(=O)n(C)c(=O)n(C)c4c32)ccc1O. The first-order chi connectivity index (χ1) is 16.2. The van der Waals surface area contributed by atoms with Gasteiger partial charge in [0.1, 0.15) is 6.10 Å². The highest BCUT2D eigenvalue weighted by Crippen LogP contribution is 2.43. The van der Waals surface area contributed by atoms with Gasteiger partial charge in [-0.3, -0.25) is 13.9 Å². The topological polar surface area (TPSA) is 87.6 Å².